The summed E-state index contributed by atoms with van der Waals surface area (Å²) in [7, 11) is 1.65. The van der Waals surface area contributed by atoms with Gasteiger partial charge in [-0.1, -0.05) is 74.0 Å². The van der Waals surface area contributed by atoms with Crippen LogP contribution in [0.25, 0.3) is 0 Å². The molecule has 3 aromatic rings. The Labute approximate surface area is 266 Å². The summed E-state index contributed by atoms with van der Waals surface area (Å²) in [5.41, 5.74) is 7.09. The lowest BCUT2D eigenvalue weighted by Crippen LogP contribution is -2.31. The molecule has 0 aromatic heterocycles. The number of aryl methyl sites for hydroxylation is 2. The molecule has 0 fully saturated rings. The normalized spacial score (nSPS) is 14.6. The van der Waals surface area contributed by atoms with E-state index in [-0.39, 0.29) is 24.3 Å². The van der Waals surface area contributed by atoms with Gasteiger partial charge in [0, 0.05) is 35.7 Å². The number of nitrogens with one attached hydrogen (secondary N) is 1. The van der Waals surface area contributed by atoms with Crippen LogP contribution in [-0.4, -0.2) is 37.5 Å². The maximum Gasteiger partial charge on any atom is 0.336 e. The van der Waals surface area contributed by atoms with Crippen molar-refractivity contribution in [2.45, 2.75) is 66.4 Å². The molecule has 0 amide bonds. The summed E-state index contributed by atoms with van der Waals surface area (Å²) < 4.78 is 11.0. The first-order valence-corrected chi connectivity index (χ1v) is 14.7. The first-order chi connectivity index (χ1) is 21.7. The Morgan fingerprint density at radius 1 is 0.889 bits per heavy atom. The van der Waals surface area contributed by atoms with E-state index in [2.05, 4.69) is 5.32 Å². The number of Topliss-reactive ketones (excluding diaryl/α,β-unsaturated/α-hetero) is 1. The maximum absolute atomic E-state index is 13.0. The van der Waals surface area contributed by atoms with Gasteiger partial charge in [-0.2, -0.15) is 0 Å². The van der Waals surface area contributed by atoms with Crippen molar-refractivity contribution in [2.24, 2.45) is 0 Å². The zero-order valence-corrected chi connectivity index (χ0v) is 27.1. The van der Waals surface area contributed by atoms with Crippen LogP contribution in [0.5, 0.6) is 11.5 Å². The number of carbonyl (C=O) groups is 4. The second kappa shape index (κ2) is 20.1. The fraction of sp³-hybridized carbons (Fsp3) is 0.297. The highest BCUT2D eigenvalue weighted by molar-refractivity contribution is 6.01. The van der Waals surface area contributed by atoms with Gasteiger partial charge in [0.2, 0.25) is 0 Å². The minimum atomic E-state index is -0.378. The molecule has 3 aromatic carbocycles. The minimum Gasteiger partial charge on any atom is -0.508 e. The molecule has 1 atom stereocenters. The second-order valence-corrected chi connectivity index (χ2v) is 10.0. The van der Waals surface area contributed by atoms with Crippen LogP contribution in [0.2, 0.25) is 0 Å². The van der Waals surface area contributed by atoms with E-state index in [1.54, 1.807) is 19.2 Å². The third-order valence-electron chi connectivity index (χ3n) is 7.05. The number of dihydropyridines is 1. The van der Waals surface area contributed by atoms with Gasteiger partial charge in [-0.15, -0.1) is 0 Å². The van der Waals surface area contributed by atoms with E-state index in [4.69, 9.17) is 24.2 Å². The zero-order valence-electron chi connectivity index (χ0n) is 27.1. The van der Waals surface area contributed by atoms with E-state index >= 15 is 0 Å². The van der Waals surface area contributed by atoms with Gasteiger partial charge < -0.3 is 29.5 Å². The fourth-order valence-corrected chi connectivity index (χ4v) is 4.90. The van der Waals surface area contributed by atoms with Gasteiger partial charge in [0.05, 0.1) is 12.7 Å². The van der Waals surface area contributed by atoms with Crippen molar-refractivity contribution in [2.75, 3.05) is 7.11 Å². The van der Waals surface area contributed by atoms with Crippen molar-refractivity contribution in [3.8, 4) is 11.5 Å². The van der Waals surface area contributed by atoms with Crippen molar-refractivity contribution in [3.63, 3.8) is 0 Å². The number of carbonyl (C=O) groups excluding carboxylic acids is 4. The summed E-state index contributed by atoms with van der Waals surface area (Å²) in [6, 6.07) is 22.9. The average molecular weight is 616 g/mol. The molecule has 240 valence electrons. The van der Waals surface area contributed by atoms with Gasteiger partial charge in [-0.25, -0.2) is 4.79 Å². The molecule has 1 aliphatic heterocycles. The highest BCUT2D eigenvalue weighted by Gasteiger charge is 2.34. The topological polar surface area (TPSA) is 119 Å². The summed E-state index contributed by atoms with van der Waals surface area (Å²) in [5, 5.41) is 12.1. The van der Waals surface area contributed by atoms with Crippen LogP contribution in [0.3, 0.4) is 0 Å². The van der Waals surface area contributed by atoms with Gasteiger partial charge in [0.25, 0.3) is 0 Å². The molecule has 2 N–H and O–H groups in total. The van der Waals surface area contributed by atoms with Crippen LogP contribution in [0.1, 0.15) is 68.2 Å². The minimum absolute atomic E-state index is 0.0535. The van der Waals surface area contributed by atoms with E-state index in [9.17, 15) is 9.59 Å². The Balaban J connectivity index is 0.000000611. The van der Waals surface area contributed by atoms with Crippen molar-refractivity contribution < 1.29 is 33.8 Å². The number of methoxy groups -OCH3 is 1. The summed E-state index contributed by atoms with van der Waals surface area (Å²) in [5.74, 6) is 0.883. The molecule has 0 radical (unpaired) electrons. The van der Waals surface area contributed by atoms with E-state index in [1.165, 1.54) is 0 Å². The quantitative estimate of drug-likeness (QED) is 0.293. The Morgan fingerprint density at radius 3 is 2.11 bits per heavy atom. The molecule has 8 heteroatoms. The molecule has 45 heavy (non-hydrogen) atoms. The van der Waals surface area contributed by atoms with Gasteiger partial charge in [-0.3, -0.25) is 4.79 Å². The van der Waals surface area contributed by atoms with Crippen LogP contribution in [-0.2, 0) is 30.5 Å². The van der Waals surface area contributed by atoms with Crippen LogP contribution >= 0.6 is 0 Å². The van der Waals surface area contributed by atoms with E-state index in [0.717, 1.165) is 39.4 Å². The number of allylic oxidation sites excluding steroid dienone is 3. The van der Waals surface area contributed by atoms with Gasteiger partial charge in [0.15, 0.2) is 5.78 Å². The third-order valence-corrected chi connectivity index (χ3v) is 7.05. The Bertz CT molecular complexity index is 1440. The lowest BCUT2D eigenvalue weighted by molar-refractivity contribution is -0.140. The fourth-order valence-electron chi connectivity index (χ4n) is 4.90. The lowest BCUT2D eigenvalue weighted by atomic mass is 9.78. The Kier molecular flexibility index (Phi) is 17.0. The molecule has 0 bridgehead atoms. The Morgan fingerprint density at radius 2 is 1.53 bits per heavy atom. The summed E-state index contributed by atoms with van der Waals surface area (Å²) in [6.45, 7) is 14.0. The number of hydrogen-bond acceptors (Lipinski definition) is 8. The molecule has 1 aliphatic carbocycles. The number of benzene rings is 3. The van der Waals surface area contributed by atoms with Crippen molar-refractivity contribution in [1.82, 2.24) is 5.32 Å². The molecule has 8 nitrogen and oxygen atoms in total. The van der Waals surface area contributed by atoms with E-state index in [1.807, 2.05) is 109 Å². The molecule has 0 spiro atoms. The molecular weight excluding hydrogens is 570 g/mol. The van der Waals surface area contributed by atoms with Crippen LogP contribution in [0, 0.1) is 13.8 Å². The third kappa shape index (κ3) is 11.2. The average Bonchev–Trinajstić information content (AvgIpc) is 3.07. The van der Waals surface area contributed by atoms with E-state index < -0.39 is 0 Å². The lowest BCUT2D eigenvalue weighted by Gasteiger charge is -2.32. The predicted molar refractivity (Wildman–Crippen MR) is 177 cm³/mol. The number of para-hydroxylation sites is 1. The number of ether oxygens (including phenoxy) is 2. The molecule has 0 saturated heterocycles. The van der Waals surface area contributed by atoms with Crippen molar-refractivity contribution in [1.29, 1.82) is 0 Å². The van der Waals surface area contributed by atoms with Gasteiger partial charge >= 0.3 is 5.97 Å². The van der Waals surface area contributed by atoms with Crippen LogP contribution in [0.15, 0.2) is 95.3 Å². The van der Waals surface area contributed by atoms with Crippen LogP contribution in [0.4, 0.5) is 0 Å². The molecule has 2 aliphatic rings. The number of esters is 1. The number of hydrogen-bond donors (Lipinski definition) is 2. The van der Waals surface area contributed by atoms with Gasteiger partial charge in [0.1, 0.15) is 31.7 Å². The monoisotopic (exact) mass is 615 g/mol. The molecule has 1 heterocycles. The molecule has 0 saturated carbocycles. The Hall–Kier alpha value is -4.98. The number of phenols is 1. The highest BCUT2D eigenvalue weighted by Crippen LogP contribution is 2.41. The predicted octanol–water partition coefficient (Wildman–Crippen LogP) is 7.07. The number of ketones is 1. The first kappa shape index (κ1) is 38.0. The molecule has 5 rings (SSSR count). The van der Waals surface area contributed by atoms with Crippen molar-refractivity contribution in [3.05, 3.63) is 118 Å². The standard InChI is InChI=1S/C26H27NO4.C7H8O.C2H6.2CH2O/c1-16-8-10-18(11-9-16)15-31-26(29)21-14-22-23(27-17(21)2)12-19(13-24(22)28)20-6-4-5-7-25(20)30-3;1-6-3-2-4-7(8)5-6;3*1-2/h4-11,19,27H,12-15H2,1-3H3;2-5,8H,1H3;1-2H3;2*1H2. The number of phenolic OH excluding ortho intramolecular Hbond substituents is 1. The maximum atomic E-state index is 13.0. The zero-order chi connectivity index (χ0) is 33.9. The SMILES string of the molecule is C=O.C=O.CC.COc1ccccc1C1CC(=O)C2=C(C1)NC(C)=C(C(=O)OCc1ccc(C)cc1)C2.Cc1cccc(O)c1. The highest BCUT2D eigenvalue weighted by atomic mass is 16.5. The number of rotatable bonds is 5. The summed E-state index contributed by atoms with van der Waals surface area (Å²) >= 11 is 0. The largest absolute Gasteiger partial charge is 0.508 e. The van der Waals surface area contributed by atoms with Gasteiger partial charge in [-0.05, 0) is 62.1 Å². The second-order valence-electron chi connectivity index (χ2n) is 10.0. The van der Waals surface area contributed by atoms with Crippen molar-refractivity contribution >= 4 is 25.3 Å². The summed E-state index contributed by atoms with van der Waals surface area (Å²) in [4.78, 5) is 41.7. The smallest absolute Gasteiger partial charge is 0.336 e. The molecular formula is C37H45NO7. The summed E-state index contributed by atoms with van der Waals surface area (Å²) in [6.07, 6.45) is 1.44. The molecule has 1 unspecified atom stereocenters. The first-order valence-electron chi connectivity index (χ1n) is 14.7. The number of aromatic hydroxyl groups is 1. The van der Waals surface area contributed by atoms with E-state index in [0.29, 0.717) is 36.2 Å². The van der Waals surface area contributed by atoms with Crippen LogP contribution < -0.4 is 10.1 Å².